The Morgan fingerprint density at radius 3 is 2.80 bits per heavy atom. The van der Waals surface area contributed by atoms with Gasteiger partial charge in [0.15, 0.2) is 0 Å². The van der Waals surface area contributed by atoms with E-state index < -0.39 is 5.97 Å². The molecule has 0 bridgehead atoms. The van der Waals surface area contributed by atoms with Gasteiger partial charge in [-0.05, 0) is 32.4 Å². The summed E-state index contributed by atoms with van der Waals surface area (Å²) < 4.78 is 0. The molecule has 1 aliphatic rings. The minimum absolute atomic E-state index is 0.00412. The normalized spacial score (nSPS) is 21.6. The molecule has 2 atom stereocenters. The second kappa shape index (κ2) is 6.13. The minimum Gasteiger partial charge on any atom is -0.508 e. The van der Waals surface area contributed by atoms with Gasteiger partial charge >= 0.3 is 5.97 Å². The van der Waals surface area contributed by atoms with E-state index in [1.165, 1.54) is 6.07 Å². The summed E-state index contributed by atoms with van der Waals surface area (Å²) in [5.74, 6) is -0.708. The molecule has 1 aliphatic heterocycles. The number of benzene rings is 1. The van der Waals surface area contributed by atoms with Crippen LogP contribution in [0.25, 0.3) is 0 Å². The standard InChI is InChI=1S/C15H21NO4/c1-10(13-6-5-12(17)9-14(13)18)16-7-3-2-4-11(16)8-15(19)20/h5-6,9-11,17-18H,2-4,7-8H2,1H3,(H,19,20). The van der Waals surface area contributed by atoms with Gasteiger partial charge in [-0.15, -0.1) is 0 Å². The van der Waals surface area contributed by atoms with Gasteiger partial charge in [0, 0.05) is 23.7 Å². The van der Waals surface area contributed by atoms with Gasteiger partial charge in [-0.25, -0.2) is 0 Å². The molecule has 1 saturated heterocycles. The third-order valence-electron chi connectivity index (χ3n) is 4.04. The number of piperidine rings is 1. The molecule has 5 nitrogen and oxygen atoms in total. The molecule has 1 aromatic carbocycles. The number of hydrogen-bond donors (Lipinski definition) is 3. The Labute approximate surface area is 118 Å². The quantitative estimate of drug-likeness (QED) is 0.789. The van der Waals surface area contributed by atoms with E-state index in [4.69, 9.17) is 5.11 Å². The molecule has 1 aromatic rings. The number of aromatic hydroxyl groups is 2. The third kappa shape index (κ3) is 3.22. The second-order valence-corrected chi connectivity index (χ2v) is 5.40. The first-order chi connectivity index (χ1) is 9.49. The number of hydrogen-bond acceptors (Lipinski definition) is 4. The fourth-order valence-corrected chi connectivity index (χ4v) is 3.02. The number of likely N-dealkylation sites (tertiary alicyclic amines) is 1. The number of carbonyl (C=O) groups is 1. The van der Waals surface area contributed by atoms with Crippen LogP contribution in [-0.2, 0) is 4.79 Å². The lowest BCUT2D eigenvalue weighted by Gasteiger charge is -2.39. The summed E-state index contributed by atoms with van der Waals surface area (Å²) in [5, 5.41) is 28.3. The number of rotatable bonds is 4. The van der Waals surface area contributed by atoms with Crippen molar-refractivity contribution >= 4 is 5.97 Å². The summed E-state index contributed by atoms with van der Waals surface area (Å²) in [6.45, 7) is 2.80. The zero-order valence-corrected chi connectivity index (χ0v) is 11.6. The van der Waals surface area contributed by atoms with Crippen molar-refractivity contribution in [3.05, 3.63) is 23.8 Å². The Morgan fingerprint density at radius 1 is 1.40 bits per heavy atom. The Hall–Kier alpha value is -1.75. The first-order valence-electron chi connectivity index (χ1n) is 6.98. The topological polar surface area (TPSA) is 81.0 Å². The molecule has 1 heterocycles. The summed E-state index contributed by atoms with van der Waals surface area (Å²) in [7, 11) is 0. The summed E-state index contributed by atoms with van der Waals surface area (Å²) in [6.07, 6.45) is 3.08. The average molecular weight is 279 g/mol. The van der Waals surface area contributed by atoms with Crippen LogP contribution in [0.3, 0.4) is 0 Å². The lowest BCUT2D eigenvalue weighted by molar-refractivity contribution is -0.139. The van der Waals surface area contributed by atoms with Gasteiger partial charge in [0.25, 0.3) is 0 Å². The van der Waals surface area contributed by atoms with Crippen LogP contribution in [0, 0.1) is 0 Å². The van der Waals surface area contributed by atoms with Crippen molar-refractivity contribution in [2.24, 2.45) is 0 Å². The van der Waals surface area contributed by atoms with Crippen LogP contribution in [0.2, 0.25) is 0 Å². The van der Waals surface area contributed by atoms with Gasteiger partial charge in [0.1, 0.15) is 11.5 Å². The number of carboxylic acids is 1. The van der Waals surface area contributed by atoms with E-state index >= 15 is 0 Å². The van der Waals surface area contributed by atoms with Gasteiger partial charge in [0.2, 0.25) is 0 Å². The van der Waals surface area contributed by atoms with Gasteiger partial charge in [0.05, 0.1) is 6.42 Å². The van der Waals surface area contributed by atoms with Crippen LogP contribution in [0.4, 0.5) is 0 Å². The summed E-state index contributed by atoms with van der Waals surface area (Å²) >= 11 is 0. The fourth-order valence-electron chi connectivity index (χ4n) is 3.02. The van der Waals surface area contributed by atoms with Gasteiger partial charge in [-0.1, -0.05) is 12.5 Å². The molecule has 2 rings (SSSR count). The molecule has 110 valence electrons. The monoisotopic (exact) mass is 279 g/mol. The highest BCUT2D eigenvalue weighted by molar-refractivity contribution is 5.67. The van der Waals surface area contributed by atoms with Crippen molar-refractivity contribution in [3.63, 3.8) is 0 Å². The maximum atomic E-state index is 11.0. The van der Waals surface area contributed by atoms with Crippen molar-refractivity contribution in [2.75, 3.05) is 6.54 Å². The second-order valence-electron chi connectivity index (χ2n) is 5.40. The molecule has 0 spiro atoms. The average Bonchev–Trinajstić information content (AvgIpc) is 2.38. The Balaban J connectivity index is 2.20. The number of nitrogens with zero attached hydrogens (tertiary/aromatic N) is 1. The molecule has 5 heteroatoms. The summed E-state index contributed by atoms with van der Waals surface area (Å²) in [4.78, 5) is 13.1. The number of phenolic OH excluding ortho intramolecular Hbond substituents is 2. The van der Waals surface area contributed by atoms with Crippen molar-refractivity contribution < 1.29 is 20.1 Å². The van der Waals surface area contributed by atoms with Gasteiger partial charge in [-0.2, -0.15) is 0 Å². The predicted molar refractivity (Wildman–Crippen MR) is 74.8 cm³/mol. The number of aliphatic carboxylic acids is 1. The highest BCUT2D eigenvalue weighted by Crippen LogP contribution is 2.35. The Kier molecular flexibility index (Phi) is 4.49. The Morgan fingerprint density at radius 2 is 2.15 bits per heavy atom. The van der Waals surface area contributed by atoms with Crippen LogP contribution in [0.5, 0.6) is 11.5 Å². The smallest absolute Gasteiger partial charge is 0.304 e. The molecule has 0 aliphatic carbocycles. The molecule has 20 heavy (non-hydrogen) atoms. The van der Waals surface area contributed by atoms with Gasteiger partial charge in [-0.3, -0.25) is 9.69 Å². The molecule has 0 aromatic heterocycles. The van der Waals surface area contributed by atoms with E-state index in [9.17, 15) is 15.0 Å². The lowest BCUT2D eigenvalue weighted by Crippen LogP contribution is -2.42. The van der Waals surface area contributed by atoms with E-state index in [0.717, 1.165) is 31.4 Å². The first kappa shape index (κ1) is 14.7. The Bertz CT molecular complexity index is 489. The molecule has 0 saturated carbocycles. The SMILES string of the molecule is CC(c1ccc(O)cc1O)N1CCCCC1CC(=O)O. The predicted octanol–water partition coefficient (Wildman–Crippen LogP) is 2.49. The maximum Gasteiger partial charge on any atom is 0.304 e. The minimum atomic E-state index is -0.788. The third-order valence-corrected chi connectivity index (χ3v) is 4.04. The van der Waals surface area contributed by atoms with E-state index in [1.54, 1.807) is 12.1 Å². The number of phenols is 2. The fraction of sp³-hybridized carbons (Fsp3) is 0.533. The molecule has 2 unspecified atom stereocenters. The molecular weight excluding hydrogens is 258 g/mol. The molecule has 0 amide bonds. The molecule has 3 N–H and O–H groups in total. The van der Waals surface area contributed by atoms with E-state index in [1.807, 2.05) is 6.92 Å². The summed E-state index contributed by atoms with van der Waals surface area (Å²) in [5.41, 5.74) is 0.722. The van der Waals surface area contributed by atoms with E-state index in [0.29, 0.717) is 0 Å². The maximum absolute atomic E-state index is 11.0. The molecule has 1 fully saturated rings. The molecule has 0 radical (unpaired) electrons. The summed E-state index contributed by atoms with van der Waals surface area (Å²) in [6, 6.07) is 4.50. The van der Waals surface area contributed by atoms with Gasteiger partial charge < -0.3 is 15.3 Å². The van der Waals surface area contributed by atoms with Crippen LogP contribution in [0.15, 0.2) is 18.2 Å². The lowest BCUT2D eigenvalue weighted by atomic mass is 9.95. The number of carboxylic acid groups (broad SMARTS) is 1. The van der Waals surface area contributed by atoms with E-state index in [2.05, 4.69) is 4.90 Å². The highest BCUT2D eigenvalue weighted by Gasteiger charge is 2.29. The zero-order chi connectivity index (χ0) is 14.7. The van der Waals surface area contributed by atoms with Crippen LogP contribution in [-0.4, -0.2) is 38.8 Å². The van der Waals surface area contributed by atoms with E-state index in [-0.39, 0.29) is 30.0 Å². The highest BCUT2D eigenvalue weighted by atomic mass is 16.4. The van der Waals surface area contributed by atoms with Crippen molar-refractivity contribution in [1.29, 1.82) is 0 Å². The zero-order valence-electron chi connectivity index (χ0n) is 11.6. The van der Waals surface area contributed by atoms with Crippen molar-refractivity contribution in [2.45, 2.75) is 44.7 Å². The van der Waals surface area contributed by atoms with Crippen LogP contribution < -0.4 is 0 Å². The van der Waals surface area contributed by atoms with Crippen LogP contribution in [0.1, 0.15) is 44.2 Å². The van der Waals surface area contributed by atoms with Crippen molar-refractivity contribution in [1.82, 2.24) is 4.90 Å². The largest absolute Gasteiger partial charge is 0.508 e. The van der Waals surface area contributed by atoms with Crippen molar-refractivity contribution in [3.8, 4) is 11.5 Å². The first-order valence-corrected chi connectivity index (χ1v) is 6.98. The molecular formula is C15H21NO4. The van der Waals surface area contributed by atoms with Crippen LogP contribution >= 0.6 is 0 Å².